The van der Waals surface area contributed by atoms with Gasteiger partial charge in [0.05, 0.1) is 30.5 Å². The molecule has 0 aliphatic carbocycles. The van der Waals surface area contributed by atoms with Gasteiger partial charge in [0.15, 0.2) is 11.6 Å². The van der Waals surface area contributed by atoms with E-state index in [1.165, 1.54) is 17.2 Å². The fourth-order valence-corrected chi connectivity index (χ4v) is 4.55. The Kier molecular flexibility index (Phi) is 6.81. The average Bonchev–Trinajstić information content (AvgIpc) is 3.26. The third-order valence-electron chi connectivity index (χ3n) is 6.29. The molecule has 0 radical (unpaired) electrons. The van der Waals surface area contributed by atoms with E-state index >= 15 is 0 Å². The molecule has 1 aromatic carbocycles. The lowest BCUT2D eigenvalue weighted by atomic mass is 10.1. The smallest absolute Gasteiger partial charge is 0.256 e. The first-order chi connectivity index (χ1) is 18.3. The highest BCUT2D eigenvalue weighted by Crippen LogP contribution is 2.30. The van der Waals surface area contributed by atoms with Crippen molar-refractivity contribution in [2.45, 2.75) is 32.9 Å². The zero-order valence-corrected chi connectivity index (χ0v) is 21.0. The van der Waals surface area contributed by atoms with E-state index in [1.807, 2.05) is 18.4 Å². The van der Waals surface area contributed by atoms with E-state index < -0.39 is 17.7 Å². The minimum absolute atomic E-state index is 0.0237. The second-order valence-electron chi connectivity index (χ2n) is 9.17. The summed E-state index contributed by atoms with van der Waals surface area (Å²) in [5.74, 6) is -0.630. The van der Waals surface area contributed by atoms with E-state index in [0.717, 1.165) is 6.20 Å². The maximum Gasteiger partial charge on any atom is 0.256 e. The van der Waals surface area contributed by atoms with Crippen molar-refractivity contribution in [3.05, 3.63) is 59.7 Å². The van der Waals surface area contributed by atoms with Crippen molar-refractivity contribution in [2.75, 3.05) is 25.1 Å². The third kappa shape index (κ3) is 4.70. The number of ether oxygens (including phenoxy) is 1. The summed E-state index contributed by atoms with van der Waals surface area (Å²) in [5.41, 5.74) is 1.20. The number of aryl methyl sites for hydroxylation is 1. The predicted molar refractivity (Wildman–Crippen MR) is 135 cm³/mol. The van der Waals surface area contributed by atoms with Crippen LogP contribution in [0.3, 0.4) is 0 Å². The van der Waals surface area contributed by atoms with Crippen LogP contribution in [-0.2, 0) is 9.53 Å². The number of morpholine rings is 1. The first kappa shape index (κ1) is 25.3. The van der Waals surface area contributed by atoms with E-state index in [0.29, 0.717) is 42.2 Å². The van der Waals surface area contributed by atoms with Gasteiger partial charge in [0.25, 0.3) is 5.91 Å². The number of pyridine rings is 1. The number of benzene rings is 1. The molecule has 1 aliphatic heterocycles. The number of rotatable bonds is 6. The lowest BCUT2D eigenvalue weighted by Crippen LogP contribution is -2.49. The highest BCUT2D eigenvalue weighted by molar-refractivity contribution is 5.95. The van der Waals surface area contributed by atoms with Crippen molar-refractivity contribution in [2.24, 2.45) is 0 Å². The maximum absolute atomic E-state index is 14.9. The van der Waals surface area contributed by atoms with Crippen molar-refractivity contribution in [1.29, 1.82) is 0 Å². The molecular weight excluding hydrogens is 496 g/mol. The van der Waals surface area contributed by atoms with Gasteiger partial charge in [-0.15, -0.1) is 0 Å². The topological polar surface area (TPSA) is 115 Å². The van der Waals surface area contributed by atoms with Gasteiger partial charge in [-0.1, -0.05) is 0 Å². The summed E-state index contributed by atoms with van der Waals surface area (Å²) in [4.78, 5) is 42.3. The zero-order valence-electron chi connectivity index (χ0n) is 21.0. The summed E-state index contributed by atoms with van der Waals surface area (Å²) in [6.45, 7) is 6.52. The first-order valence-corrected chi connectivity index (χ1v) is 12.0. The fourth-order valence-electron chi connectivity index (χ4n) is 4.55. The summed E-state index contributed by atoms with van der Waals surface area (Å²) in [6, 6.07) is 5.34. The predicted octanol–water partition coefficient (Wildman–Crippen LogP) is 3.84. The molecule has 1 fully saturated rings. The molecule has 4 aromatic rings. The van der Waals surface area contributed by atoms with E-state index in [1.54, 1.807) is 25.1 Å². The lowest BCUT2D eigenvalue weighted by molar-refractivity contribution is -0.116. The minimum atomic E-state index is -0.717. The maximum atomic E-state index is 14.9. The first-order valence-electron chi connectivity index (χ1n) is 12.0. The molecule has 5 rings (SSSR count). The van der Waals surface area contributed by atoms with Crippen LogP contribution in [0.1, 0.15) is 36.1 Å². The van der Waals surface area contributed by atoms with Crippen molar-refractivity contribution in [3.8, 4) is 11.3 Å². The second-order valence-corrected chi connectivity index (χ2v) is 9.17. The highest BCUT2D eigenvalue weighted by Gasteiger charge is 2.28. The Morgan fingerprint density at radius 2 is 1.97 bits per heavy atom. The van der Waals surface area contributed by atoms with E-state index in [-0.39, 0.29) is 41.3 Å². The summed E-state index contributed by atoms with van der Waals surface area (Å²) < 4.78 is 36.8. The summed E-state index contributed by atoms with van der Waals surface area (Å²) in [7, 11) is 0. The Morgan fingerprint density at radius 1 is 1.16 bits per heavy atom. The molecule has 10 nitrogen and oxygen atoms in total. The second kappa shape index (κ2) is 10.2. The molecule has 1 amide bonds. The number of aromatic nitrogens is 5. The molecule has 4 heterocycles. The fraction of sp³-hybridized carbons (Fsp3) is 0.308. The highest BCUT2D eigenvalue weighted by atomic mass is 19.1. The number of imidazole rings is 1. The van der Waals surface area contributed by atoms with Crippen LogP contribution in [-0.4, -0.2) is 67.4 Å². The van der Waals surface area contributed by atoms with Gasteiger partial charge >= 0.3 is 0 Å². The standard InChI is InChI=1S/C26H25F2N7O3/c1-14(2)35-15(3)31-24-19(27)8-17(9-21(24)35)23-20(28)11-30-26(33-23)32-22-5-4-16(10-29-22)25(37)34-6-7-38-13-18(34)12-36/h4-5,8-12,14,18H,6-7,13H2,1-3H3,(H,29,30,32,33). The Morgan fingerprint density at radius 3 is 2.68 bits per heavy atom. The third-order valence-corrected chi connectivity index (χ3v) is 6.29. The van der Waals surface area contributed by atoms with Gasteiger partial charge in [-0.05, 0) is 45.0 Å². The molecule has 3 aromatic heterocycles. The van der Waals surface area contributed by atoms with Crippen LogP contribution in [0, 0.1) is 18.6 Å². The van der Waals surface area contributed by atoms with Crippen LogP contribution in [0.25, 0.3) is 22.3 Å². The van der Waals surface area contributed by atoms with Gasteiger partial charge in [-0.3, -0.25) is 4.79 Å². The molecule has 1 aliphatic rings. The monoisotopic (exact) mass is 521 g/mol. The molecule has 0 bridgehead atoms. The van der Waals surface area contributed by atoms with Gasteiger partial charge < -0.3 is 24.3 Å². The quantitative estimate of drug-likeness (QED) is 0.381. The lowest BCUT2D eigenvalue weighted by Gasteiger charge is -2.32. The molecule has 38 heavy (non-hydrogen) atoms. The van der Waals surface area contributed by atoms with Crippen molar-refractivity contribution in [3.63, 3.8) is 0 Å². The average molecular weight is 522 g/mol. The number of anilines is 2. The number of fused-ring (bicyclic) bond motifs is 1. The van der Waals surface area contributed by atoms with Crippen LogP contribution < -0.4 is 5.32 Å². The van der Waals surface area contributed by atoms with Gasteiger partial charge in [-0.2, -0.15) is 0 Å². The Bertz CT molecular complexity index is 1520. The number of carbonyl (C=O) groups excluding carboxylic acids is 2. The van der Waals surface area contributed by atoms with E-state index in [9.17, 15) is 18.4 Å². The van der Waals surface area contributed by atoms with Gasteiger partial charge in [0, 0.05) is 24.3 Å². The van der Waals surface area contributed by atoms with Crippen LogP contribution >= 0.6 is 0 Å². The van der Waals surface area contributed by atoms with Crippen LogP contribution in [0.5, 0.6) is 0 Å². The largest absolute Gasteiger partial charge is 0.377 e. The summed E-state index contributed by atoms with van der Waals surface area (Å²) >= 11 is 0. The SMILES string of the molecule is Cc1nc2c(F)cc(-c3nc(Nc4ccc(C(=O)N5CCOCC5C=O)cn4)ncc3F)cc2n1C(C)C. The van der Waals surface area contributed by atoms with Crippen LogP contribution in [0.15, 0.2) is 36.7 Å². The Hall–Kier alpha value is -4.32. The molecule has 1 atom stereocenters. The van der Waals surface area contributed by atoms with Gasteiger partial charge in [0.2, 0.25) is 5.95 Å². The number of nitrogens with one attached hydrogen (secondary N) is 1. The number of hydrogen-bond acceptors (Lipinski definition) is 8. The van der Waals surface area contributed by atoms with Gasteiger partial charge in [-0.25, -0.2) is 28.7 Å². The molecule has 1 saturated heterocycles. The number of amides is 1. The van der Waals surface area contributed by atoms with Crippen molar-refractivity contribution in [1.82, 2.24) is 29.4 Å². The van der Waals surface area contributed by atoms with Crippen LogP contribution in [0.4, 0.5) is 20.5 Å². The van der Waals surface area contributed by atoms with E-state index in [4.69, 9.17) is 4.74 Å². The summed E-state index contributed by atoms with van der Waals surface area (Å²) in [5, 5.41) is 2.88. The Labute approximate surface area is 216 Å². The minimum Gasteiger partial charge on any atom is -0.377 e. The van der Waals surface area contributed by atoms with E-state index in [2.05, 4.69) is 25.3 Å². The molecule has 1 unspecified atom stereocenters. The number of carbonyl (C=O) groups is 2. The number of halogens is 2. The number of hydrogen-bond donors (Lipinski definition) is 1. The molecule has 0 saturated carbocycles. The molecule has 196 valence electrons. The molecule has 0 spiro atoms. The normalized spacial score (nSPS) is 15.7. The molecule has 1 N–H and O–H groups in total. The van der Waals surface area contributed by atoms with Gasteiger partial charge in [0.1, 0.15) is 35.2 Å². The molecular formula is C26H25F2N7O3. The number of nitrogens with zero attached hydrogens (tertiary/aromatic N) is 6. The van der Waals surface area contributed by atoms with Crippen molar-refractivity contribution >= 4 is 35.0 Å². The summed E-state index contributed by atoms with van der Waals surface area (Å²) in [6.07, 6.45) is 3.05. The van der Waals surface area contributed by atoms with Crippen LogP contribution in [0.2, 0.25) is 0 Å². The Balaban J connectivity index is 1.41. The zero-order chi connectivity index (χ0) is 27.0. The number of aldehydes is 1. The molecule has 12 heteroatoms. The van der Waals surface area contributed by atoms with Crippen molar-refractivity contribution < 1.29 is 23.1 Å².